The Morgan fingerprint density at radius 2 is 0.678 bits per heavy atom. The van der Waals surface area contributed by atoms with E-state index >= 15 is 0 Å². The van der Waals surface area contributed by atoms with Crippen LogP contribution in [0, 0.1) is 39.4 Å². The highest BCUT2D eigenvalue weighted by Crippen LogP contribution is 2.36. The summed E-state index contributed by atoms with van der Waals surface area (Å²) in [5.74, 6) is 10.5. The summed E-state index contributed by atoms with van der Waals surface area (Å²) in [5, 5.41) is 68.5. The molecular formula is C113H105N33O3. The number of hydrogen-bond acceptors (Lipinski definition) is 27. The smallest absolute Gasteiger partial charge is 0.159 e. The molecule has 25 rings (SSSR count). The molecule has 13 heterocycles. The maximum atomic E-state index is 7.51. The number of ether oxygens (including phenoxy) is 1. The molecule has 0 bridgehead atoms. The number of benzene rings is 12. The molecule has 0 saturated heterocycles. The van der Waals surface area contributed by atoms with Crippen LogP contribution >= 0.6 is 0 Å². The van der Waals surface area contributed by atoms with Gasteiger partial charge >= 0.3 is 0 Å². The van der Waals surface area contributed by atoms with Crippen molar-refractivity contribution in [2.24, 2.45) is 64.4 Å². The van der Waals surface area contributed by atoms with Crippen LogP contribution in [0.15, 0.2) is 318 Å². The van der Waals surface area contributed by atoms with Crippen LogP contribution in [-0.2, 0) is 6.42 Å². The number of nitrogen functional groups attached to an aromatic ring is 6. The third kappa shape index (κ3) is 21.9. The fourth-order valence-electron chi connectivity index (χ4n) is 17.9. The largest absolute Gasteiger partial charge is 0.496 e. The molecule has 36 nitrogen and oxygen atoms in total. The van der Waals surface area contributed by atoms with Crippen LogP contribution < -0.4 is 71.0 Å². The molecule has 0 spiro atoms. The number of imidazole rings is 2. The molecule has 0 fully saturated rings. The minimum absolute atomic E-state index is 0.0129. The Labute approximate surface area is 854 Å². The molecule has 0 aliphatic carbocycles. The monoisotopic (exact) mass is 1970 g/mol. The summed E-state index contributed by atoms with van der Waals surface area (Å²) in [6.07, 6.45) is 6.00. The predicted octanol–water partition coefficient (Wildman–Crippen LogP) is 14.3. The molecule has 149 heavy (non-hydrogen) atoms. The molecule has 6 aliphatic rings. The Kier molecular flexibility index (Phi) is 27.9. The van der Waals surface area contributed by atoms with Crippen molar-refractivity contribution in [1.82, 2.24) is 76.8 Å². The molecule has 0 amide bonds. The first-order chi connectivity index (χ1) is 72.6. The number of rotatable bonds is 21. The summed E-state index contributed by atoms with van der Waals surface area (Å²) in [6.45, 7) is 12.5. The van der Waals surface area contributed by atoms with Gasteiger partial charge in [0.05, 0.1) is 92.5 Å². The molecule has 0 unspecified atom stereocenters. The third-order valence-electron chi connectivity index (χ3n) is 25.6. The minimum atomic E-state index is 0.0129. The topological polar surface area (TPSA) is 606 Å². The number of methoxy groups -OCH3 is 1. The minimum Gasteiger partial charge on any atom is -0.496 e. The Morgan fingerprint density at radius 3 is 1.08 bits per heavy atom. The van der Waals surface area contributed by atoms with Crippen LogP contribution in [0.3, 0.4) is 0 Å². The van der Waals surface area contributed by atoms with Gasteiger partial charge in [0, 0.05) is 184 Å². The number of aromatic nitrogens is 9. The molecule has 19 aromatic rings. The number of aryl methyl sites for hydroxylation is 1. The number of nitrogens with one attached hydrogen (secondary N) is 15. The SMILES string of the molecule is COc1cc(C2=NCCN2)ccc1-c1ccnc(-c2ccc(C3=NCCN3)cc2)n1.Cc1cnc(-c2ccc(C3=NCCN3)cc2)nc1-c1ccc(C2=NCCN2)cc1.N=C(N)c1ccc2c(c1)[nH]c1cc(C(=N)N)ccc12.N=C(N)c1ccc2nc(Cc3nc4ccc(C(=N)N)cc4[nH]3)[nH]c2c1.N=C(N)c1ccc2oc3ccc(C(=N)N)cc3c2c1.c1cc(-c2coc(-c3ccc(C4=NCCN4)cc3)c2)ccc1C1=NCCN1. The second-order valence-corrected chi connectivity index (χ2v) is 35.6. The summed E-state index contributed by atoms with van der Waals surface area (Å²) in [5.41, 5.74) is 60.1. The molecule has 0 radical (unpaired) electrons. The summed E-state index contributed by atoms with van der Waals surface area (Å²) >= 11 is 0. The lowest BCUT2D eigenvalue weighted by molar-refractivity contribution is 0.416. The van der Waals surface area contributed by atoms with E-state index in [-0.39, 0.29) is 35.0 Å². The van der Waals surface area contributed by atoms with Crippen molar-refractivity contribution in [3.05, 3.63) is 363 Å². The van der Waals surface area contributed by atoms with E-state index in [0.29, 0.717) is 45.6 Å². The van der Waals surface area contributed by atoms with E-state index in [2.05, 4.69) is 200 Å². The van der Waals surface area contributed by atoms with Crippen molar-refractivity contribution in [3.8, 4) is 73.5 Å². The molecule has 7 aromatic heterocycles. The normalized spacial score (nSPS) is 13.6. The van der Waals surface area contributed by atoms with Gasteiger partial charge in [0.25, 0.3) is 0 Å². The summed E-state index contributed by atoms with van der Waals surface area (Å²) in [7, 11) is 1.67. The Bertz CT molecular complexity index is 8310. The van der Waals surface area contributed by atoms with Crippen LogP contribution in [0.5, 0.6) is 5.75 Å². The number of aromatic amines is 3. The second-order valence-electron chi connectivity index (χ2n) is 35.6. The lowest BCUT2D eigenvalue weighted by Crippen LogP contribution is -2.19. The molecule has 0 saturated carbocycles. The van der Waals surface area contributed by atoms with E-state index in [0.717, 1.165) is 298 Å². The van der Waals surface area contributed by atoms with Gasteiger partial charge in [0.15, 0.2) is 11.6 Å². The van der Waals surface area contributed by atoms with Crippen LogP contribution in [0.2, 0.25) is 0 Å². The number of fused-ring (bicyclic) bond motifs is 8. The van der Waals surface area contributed by atoms with Gasteiger partial charge in [-0.3, -0.25) is 62.4 Å². The van der Waals surface area contributed by atoms with Crippen LogP contribution in [0.1, 0.15) is 84.0 Å². The molecule has 740 valence electrons. The predicted molar refractivity (Wildman–Crippen MR) is 594 cm³/mol. The summed E-state index contributed by atoms with van der Waals surface area (Å²) in [4.78, 5) is 64.3. The van der Waals surface area contributed by atoms with Gasteiger partial charge in [-0.1, -0.05) is 152 Å². The van der Waals surface area contributed by atoms with Crippen molar-refractivity contribution in [3.63, 3.8) is 0 Å². The Morgan fingerprint density at radius 1 is 0.322 bits per heavy atom. The van der Waals surface area contributed by atoms with Gasteiger partial charge in [0.1, 0.15) is 104 Å². The van der Waals surface area contributed by atoms with E-state index in [1.54, 1.807) is 49.7 Å². The molecule has 12 aromatic carbocycles. The van der Waals surface area contributed by atoms with E-state index in [4.69, 9.17) is 90.4 Å². The van der Waals surface area contributed by atoms with Crippen LogP contribution in [0.25, 0.3) is 134 Å². The van der Waals surface area contributed by atoms with E-state index < -0.39 is 0 Å². The number of furan rings is 2. The number of nitrogens with two attached hydrogens (primary N) is 6. The van der Waals surface area contributed by atoms with Gasteiger partial charge in [-0.15, -0.1) is 0 Å². The lowest BCUT2D eigenvalue weighted by atomic mass is 10.0. The van der Waals surface area contributed by atoms with E-state index in [1.165, 1.54) is 0 Å². The van der Waals surface area contributed by atoms with Gasteiger partial charge in [-0.25, -0.2) is 29.9 Å². The van der Waals surface area contributed by atoms with Crippen molar-refractivity contribution < 1.29 is 13.6 Å². The third-order valence-corrected chi connectivity index (χ3v) is 25.6. The molecule has 6 aliphatic heterocycles. The van der Waals surface area contributed by atoms with Gasteiger partial charge in [0.2, 0.25) is 0 Å². The van der Waals surface area contributed by atoms with Crippen molar-refractivity contribution >= 4 is 136 Å². The van der Waals surface area contributed by atoms with Crippen LogP contribution in [-0.4, -0.2) is 201 Å². The number of amidine groups is 12. The fourth-order valence-corrected chi connectivity index (χ4v) is 17.9. The first-order valence-corrected chi connectivity index (χ1v) is 48.3. The standard InChI is InChI=1S/C23H22N6O.C23H22N6.C22H20N4O.C17H16N8.C14H13N5.C14H12N4O/c1-30-20-14-17(22-27-12-13-28-22)6-7-18(20)19-8-9-24-23(29-19)16-4-2-15(3-5-16)21-25-10-11-26-21;1-15-14-28-23(19-8-6-18(7-9-19)22-26-12-13-27-22)29-20(15)16-2-4-17(5-3-16)21-24-10-11-25-21;1-5-17(21-23-9-10-24-21)6-2-15(1)19-13-20(27-14-19)16-3-7-18(8-4-16)22-25-11-12-26-22;18-16(19)8-1-3-10-12(5-8)24-14(22-10)7-15-23-11-4-2-9(17(20)21)6-13(11)25-15;15-13(16)7-1-3-9-10-4-2-8(14(17)18)6-12(10)19-11(9)5-7;15-13(16)7-1-3-11-9(5-7)10-6-8(14(17)18)2-4-12(10)19-11/h2-9,14H,10-13H2,1H3,(H,25,26)(H,27,28);2-9,14H,10-13H2,1H3,(H,24,25)(H,26,27);1-8,13-14H,9-12H2,(H,23,24)(H,25,26);1-6H,7H2,(H3,18,19)(H3,20,21)(H,22,24)(H,23,25);1-6,19H,(H3,15,16)(H3,17,18);1-6H,(H3,15,16)(H3,17,18). The van der Waals surface area contributed by atoms with Gasteiger partial charge in [-0.2, -0.15) is 0 Å². The first kappa shape index (κ1) is 96.5. The van der Waals surface area contributed by atoms with Crippen molar-refractivity contribution in [2.45, 2.75) is 13.3 Å². The highest BCUT2D eigenvalue weighted by molar-refractivity contribution is 6.14. The highest BCUT2D eigenvalue weighted by atomic mass is 16.5. The fraction of sp³-hybridized carbons (Fsp3) is 0.133. The average molecular weight is 1970 g/mol. The quantitative estimate of drug-likeness (QED) is 0.0235. The maximum absolute atomic E-state index is 7.51. The molecule has 0 atom stereocenters. The molecule has 27 N–H and O–H groups in total. The Balaban J connectivity index is 0.000000109. The van der Waals surface area contributed by atoms with Crippen LogP contribution in [0.4, 0.5) is 0 Å². The van der Waals surface area contributed by atoms with E-state index in [1.807, 2.05) is 141 Å². The zero-order valence-electron chi connectivity index (χ0n) is 81.3. The highest BCUT2D eigenvalue weighted by Gasteiger charge is 2.22. The van der Waals surface area contributed by atoms with Gasteiger partial charge in [-0.05, 0) is 127 Å². The number of aliphatic imine (C=N–C) groups is 6. The average Bonchev–Trinajstić information content (AvgIpc) is 1.55. The zero-order valence-corrected chi connectivity index (χ0v) is 81.3. The number of nitrogens with zero attached hydrogens (tertiary/aromatic N) is 12. The number of hydrogen-bond donors (Lipinski definition) is 21. The maximum Gasteiger partial charge on any atom is 0.159 e. The summed E-state index contributed by atoms with van der Waals surface area (Å²) in [6, 6.07) is 84.4. The second kappa shape index (κ2) is 43.1. The lowest BCUT2D eigenvalue weighted by Gasteiger charge is -2.12. The first-order valence-electron chi connectivity index (χ1n) is 48.3. The molecule has 36 heteroatoms. The molecular weight excluding hydrogens is 1870 g/mol. The van der Waals surface area contributed by atoms with Gasteiger partial charge < -0.3 is 94.8 Å². The number of H-pyrrole nitrogens is 3. The van der Waals surface area contributed by atoms with Crippen molar-refractivity contribution in [2.75, 3.05) is 85.6 Å². The Hall–Kier alpha value is -19.9. The van der Waals surface area contributed by atoms with E-state index in [9.17, 15) is 0 Å². The summed E-state index contributed by atoms with van der Waals surface area (Å²) < 4.78 is 17.2. The van der Waals surface area contributed by atoms with Crippen molar-refractivity contribution in [1.29, 1.82) is 32.5 Å². The zero-order chi connectivity index (χ0) is 103.